The minimum absolute atomic E-state index is 0.575. The molecular formula is C10H13BrO3. The van der Waals surface area contributed by atoms with Gasteiger partial charge in [-0.25, -0.2) is 0 Å². The number of benzene rings is 1. The first-order chi connectivity index (χ1) is 6.60. The predicted molar refractivity (Wildman–Crippen MR) is 57.9 cm³/mol. The highest BCUT2D eigenvalue weighted by atomic mass is 79.9. The molecule has 0 fully saturated rings. The van der Waals surface area contributed by atoms with Gasteiger partial charge in [0.15, 0.2) is 11.5 Å². The molecule has 1 aromatic carbocycles. The van der Waals surface area contributed by atoms with E-state index in [-0.39, 0.29) is 0 Å². The fourth-order valence-corrected chi connectivity index (χ4v) is 1.72. The molecule has 0 aliphatic carbocycles. The van der Waals surface area contributed by atoms with Crippen LogP contribution in [0.4, 0.5) is 0 Å². The molecule has 1 N–H and O–H groups in total. The summed E-state index contributed by atoms with van der Waals surface area (Å²) >= 11 is 3.34. The van der Waals surface area contributed by atoms with E-state index >= 15 is 0 Å². The van der Waals surface area contributed by atoms with Gasteiger partial charge in [0.1, 0.15) is 0 Å². The normalized spacial score (nSPS) is 12.4. The number of hydrogen-bond acceptors (Lipinski definition) is 3. The van der Waals surface area contributed by atoms with Gasteiger partial charge in [0.05, 0.1) is 20.3 Å². The largest absolute Gasteiger partial charge is 0.493 e. The third kappa shape index (κ3) is 2.19. The number of hydrogen-bond donors (Lipinski definition) is 1. The zero-order valence-corrected chi connectivity index (χ0v) is 9.96. The Morgan fingerprint density at radius 1 is 1.29 bits per heavy atom. The zero-order valence-electron chi connectivity index (χ0n) is 8.37. The van der Waals surface area contributed by atoms with Crippen LogP contribution in [0.2, 0.25) is 0 Å². The van der Waals surface area contributed by atoms with E-state index in [9.17, 15) is 5.11 Å². The van der Waals surface area contributed by atoms with Crippen molar-refractivity contribution in [3.63, 3.8) is 0 Å². The second-order valence-corrected chi connectivity index (χ2v) is 3.82. The summed E-state index contributed by atoms with van der Waals surface area (Å²) in [5.74, 6) is 1.18. The molecule has 0 radical (unpaired) electrons. The van der Waals surface area contributed by atoms with E-state index in [1.807, 2.05) is 6.07 Å². The van der Waals surface area contributed by atoms with Crippen LogP contribution in [0.3, 0.4) is 0 Å². The van der Waals surface area contributed by atoms with E-state index < -0.39 is 6.10 Å². The molecule has 0 aliphatic heterocycles. The smallest absolute Gasteiger partial charge is 0.166 e. The van der Waals surface area contributed by atoms with E-state index in [1.54, 1.807) is 27.2 Å². The lowest BCUT2D eigenvalue weighted by Gasteiger charge is -2.15. The molecule has 14 heavy (non-hydrogen) atoms. The topological polar surface area (TPSA) is 38.7 Å². The van der Waals surface area contributed by atoms with Crippen molar-refractivity contribution < 1.29 is 14.6 Å². The maximum absolute atomic E-state index is 9.52. The third-order valence-electron chi connectivity index (χ3n) is 1.92. The summed E-state index contributed by atoms with van der Waals surface area (Å²) in [4.78, 5) is 0. The first-order valence-corrected chi connectivity index (χ1v) is 4.99. The van der Waals surface area contributed by atoms with Gasteiger partial charge < -0.3 is 14.6 Å². The number of aliphatic hydroxyl groups excluding tert-OH is 1. The van der Waals surface area contributed by atoms with Crippen LogP contribution in [0.15, 0.2) is 16.6 Å². The van der Waals surface area contributed by atoms with Crippen molar-refractivity contribution in [1.82, 2.24) is 0 Å². The Hall–Kier alpha value is -0.740. The van der Waals surface area contributed by atoms with Gasteiger partial charge in [-0.2, -0.15) is 0 Å². The van der Waals surface area contributed by atoms with E-state index in [4.69, 9.17) is 9.47 Å². The average Bonchev–Trinajstić information content (AvgIpc) is 2.16. The Balaban J connectivity index is 3.31. The highest BCUT2D eigenvalue weighted by Crippen LogP contribution is 2.37. The van der Waals surface area contributed by atoms with Gasteiger partial charge in [-0.1, -0.05) is 15.9 Å². The Kier molecular flexibility index (Phi) is 3.77. The Morgan fingerprint density at radius 2 is 1.93 bits per heavy atom. The lowest BCUT2D eigenvalue weighted by molar-refractivity contribution is 0.193. The maximum atomic E-state index is 9.52. The molecule has 78 valence electrons. The minimum atomic E-state index is -0.587. The number of halogens is 1. The monoisotopic (exact) mass is 260 g/mol. The minimum Gasteiger partial charge on any atom is -0.493 e. The molecule has 0 spiro atoms. The van der Waals surface area contributed by atoms with Gasteiger partial charge in [-0.05, 0) is 19.1 Å². The maximum Gasteiger partial charge on any atom is 0.166 e. The highest BCUT2D eigenvalue weighted by molar-refractivity contribution is 9.10. The van der Waals surface area contributed by atoms with Crippen molar-refractivity contribution in [3.8, 4) is 11.5 Å². The highest BCUT2D eigenvalue weighted by Gasteiger charge is 2.14. The summed E-state index contributed by atoms with van der Waals surface area (Å²) in [6, 6.07) is 3.61. The average molecular weight is 261 g/mol. The lowest BCUT2D eigenvalue weighted by atomic mass is 10.1. The van der Waals surface area contributed by atoms with Crippen molar-refractivity contribution in [2.24, 2.45) is 0 Å². The van der Waals surface area contributed by atoms with Gasteiger partial charge in [0, 0.05) is 10.0 Å². The number of rotatable bonds is 3. The van der Waals surface area contributed by atoms with E-state index in [2.05, 4.69) is 15.9 Å². The van der Waals surface area contributed by atoms with Crippen molar-refractivity contribution in [2.45, 2.75) is 13.0 Å². The first kappa shape index (κ1) is 11.3. The number of aliphatic hydroxyl groups is 1. The number of ether oxygens (including phenoxy) is 2. The lowest BCUT2D eigenvalue weighted by Crippen LogP contribution is -1.99. The Morgan fingerprint density at radius 3 is 2.36 bits per heavy atom. The van der Waals surface area contributed by atoms with Gasteiger partial charge in [0.2, 0.25) is 0 Å². The summed E-state index contributed by atoms with van der Waals surface area (Å²) in [7, 11) is 3.12. The Bertz CT molecular complexity index is 323. The van der Waals surface area contributed by atoms with Crippen molar-refractivity contribution >= 4 is 15.9 Å². The predicted octanol–water partition coefficient (Wildman–Crippen LogP) is 2.52. The Labute approximate surface area is 91.8 Å². The molecule has 1 aromatic rings. The molecule has 0 aliphatic rings. The van der Waals surface area contributed by atoms with Crippen molar-refractivity contribution in [1.29, 1.82) is 0 Å². The van der Waals surface area contributed by atoms with Crippen LogP contribution in [0.25, 0.3) is 0 Å². The van der Waals surface area contributed by atoms with E-state index in [0.29, 0.717) is 17.1 Å². The molecule has 4 heteroatoms. The summed E-state index contributed by atoms with van der Waals surface area (Å²) in [6.45, 7) is 1.68. The molecule has 0 saturated carbocycles. The second-order valence-electron chi connectivity index (χ2n) is 2.91. The molecule has 1 rings (SSSR count). The summed E-state index contributed by atoms with van der Waals surface area (Å²) < 4.78 is 11.2. The first-order valence-electron chi connectivity index (χ1n) is 4.19. The fraction of sp³-hybridized carbons (Fsp3) is 0.400. The van der Waals surface area contributed by atoms with Gasteiger partial charge >= 0.3 is 0 Å². The third-order valence-corrected chi connectivity index (χ3v) is 2.38. The van der Waals surface area contributed by atoms with Gasteiger partial charge in [-0.3, -0.25) is 0 Å². The molecular weight excluding hydrogens is 248 g/mol. The van der Waals surface area contributed by atoms with Gasteiger partial charge in [0.25, 0.3) is 0 Å². The van der Waals surface area contributed by atoms with Gasteiger partial charge in [-0.15, -0.1) is 0 Å². The van der Waals surface area contributed by atoms with Crippen molar-refractivity contribution in [2.75, 3.05) is 14.2 Å². The molecule has 0 aromatic heterocycles. The van der Waals surface area contributed by atoms with Crippen LogP contribution < -0.4 is 9.47 Å². The summed E-state index contributed by atoms with van der Waals surface area (Å²) in [5, 5.41) is 9.52. The molecule has 0 unspecified atom stereocenters. The summed E-state index contributed by atoms with van der Waals surface area (Å²) in [6.07, 6.45) is -0.587. The molecule has 0 bridgehead atoms. The van der Waals surface area contributed by atoms with Crippen molar-refractivity contribution in [3.05, 3.63) is 22.2 Å². The van der Waals surface area contributed by atoms with Crippen LogP contribution in [-0.4, -0.2) is 19.3 Å². The standard InChI is InChI=1S/C10H13BrO3/c1-6(12)8-4-7(11)5-9(13-2)10(8)14-3/h4-6,12H,1-3H3/t6-/m0/s1. The number of methoxy groups -OCH3 is 2. The fourth-order valence-electron chi connectivity index (χ4n) is 1.27. The summed E-state index contributed by atoms with van der Waals surface area (Å²) in [5.41, 5.74) is 0.707. The quantitative estimate of drug-likeness (QED) is 0.908. The molecule has 3 nitrogen and oxygen atoms in total. The second kappa shape index (κ2) is 4.66. The zero-order chi connectivity index (χ0) is 10.7. The SMILES string of the molecule is COc1cc(Br)cc([C@H](C)O)c1OC. The molecule has 0 heterocycles. The molecule has 1 atom stereocenters. The van der Waals surface area contributed by atoms with Crippen LogP contribution in [0.5, 0.6) is 11.5 Å². The van der Waals surface area contributed by atoms with Crippen LogP contribution >= 0.6 is 15.9 Å². The van der Waals surface area contributed by atoms with E-state index in [1.165, 1.54) is 0 Å². The van der Waals surface area contributed by atoms with Crippen LogP contribution in [-0.2, 0) is 0 Å². The molecule has 0 saturated heterocycles. The molecule has 0 amide bonds. The van der Waals surface area contributed by atoms with Crippen LogP contribution in [0.1, 0.15) is 18.6 Å². The van der Waals surface area contributed by atoms with E-state index in [0.717, 1.165) is 4.47 Å². The van der Waals surface area contributed by atoms with Crippen LogP contribution in [0, 0.1) is 0 Å².